The fourth-order valence-electron chi connectivity index (χ4n) is 2.91. The average molecular weight is 291 g/mol. The molecule has 2 aromatic carbocycles. The van der Waals surface area contributed by atoms with Gasteiger partial charge < -0.3 is 4.74 Å². The van der Waals surface area contributed by atoms with Gasteiger partial charge in [-0.1, -0.05) is 60.7 Å². The minimum Gasteiger partial charge on any atom is -0.455 e. The lowest BCUT2D eigenvalue weighted by Gasteiger charge is -2.29. The van der Waals surface area contributed by atoms with Crippen molar-refractivity contribution in [3.8, 4) is 0 Å². The summed E-state index contributed by atoms with van der Waals surface area (Å²) in [6, 6.07) is 22.3. The number of nitrogens with one attached hydrogen (secondary N) is 1. The van der Waals surface area contributed by atoms with E-state index in [-0.39, 0.29) is 5.90 Å². The predicted octanol–water partition coefficient (Wildman–Crippen LogP) is 4.40. The van der Waals surface area contributed by atoms with Crippen LogP contribution in [-0.2, 0) is 10.3 Å². The Hall–Kier alpha value is -2.39. The van der Waals surface area contributed by atoms with E-state index < -0.39 is 5.60 Å². The third-order valence-electron chi connectivity index (χ3n) is 3.85. The lowest BCUT2D eigenvalue weighted by Crippen LogP contribution is -2.28. The van der Waals surface area contributed by atoms with Crippen LogP contribution < -0.4 is 0 Å². The molecule has 0 amide bonds. The Kier molecular flexibility index (Phi) is 2.69. The lowest BCUT2D eigenvalue weighted by molar-refractivity contribution is 0.160. The molecule has 0 bridgehead atoms. The predicted molar refractivity (Wildman–Crippen MR) is 85.0 cm³/mol. The Morgan fingerprint density at radius 1 is 0.810 bits per heavy atom. The Balaban J connectivity index is 2.05. The smallest absolute Gasteiger partial charge is 0.216 e. The Morgan fingerprint density at radius 2 is 1.38 bits per heavy atom. The molecule has 0 saturated heterocycles. The summed E-state index contributed by atoms with van der Waals surface area (Å²) in [5.74, 6) is 0.249. The number of thiophene rings is 1. The topological polar surface area (TPSA) is 33.1 Å². The van der Waals surface area contributed by atoms with Gasteiger partial charge in [0.2, 0.25) is 5.90 Å². The van der Waals surface area contributed by atoms with Crippen molar-refractivity contribution in [1.82, 2.24) is 0 Å². The number of hydrogen-bond donors (Lipinski definition) is 1. The molecule has 3 heteroatoms. The van der Waals surface area contributed by atoms with E-state index in [0.29, 0.717) is 0 Å². The maximum atomic E-state index is 8.19. The first kappa shape index (κ1) is 12.4. The minimum atomic E-state index is -0.691. The summed E-state index contributed by atoms with van der Waals surface area (Å²) in [7, 11) is 0. The van der Waals surface area contributed by atoms with Gasteiger partial charge >= 0.3 is 0 Å². The van der Waals surface area contributed by atoms with E-state index in [0.717, 1.165) is 21.6 Å². The highest BCUT2D eigenvalue weighted by atomic mass is 32.1. The SMILES string of the molecule is N=C1OC(c2ccccc2)(c2ccccc2)c2sccc21. The van der Waals surface area contributed by atoms with Crippen LogP contribution in [0.1, 0.15) is 21.6 Å². The normalized spacial score (nSPS) is 15.5. The highest BCUT2D eigenvalue weighted by Gasteiger charge is 2.48. The van der Waals surface area contributed by atoms with Gasteiger partial charge in [0, 0.05) is 11.1 Å². The molecule has 0 aliphatic carbocycles. The van der Waals surface area contributed by atoms with Gasteiger partial charge in [0.05, 0.1) is 10.4 Å². The van der Waals surface area contributed by atoms with Crippen molar-refractivity contribution < 1.29 is 4.74 Å². The van der Waals surface area contributed by atoms with Crippen LogP contribution in [0.15, 0.2) is 72.1 Å². The van der Waals surface area contributed by atoms with E-state index in [9.17, 15) is 0 Å². The second kappa shape index (κ2) is 4.57. The van der Waals surface area contributed by atoms with E-state index in [1.807, 2.05) is 47.8 Å². The molecule has 1 N–H and O–H groups in total. The largest absolute Gasteiger partial charge is 0.455 e. The number of hydrogen-bond acceptors (Lipinski definition) is 3. The molecule has 21 heavy (non-hydrogen) atoms. The minimum absolute atomic E-state index is 0.249. The van der Waals surface area contributed by atoms with E-state index in [4.69, 9.17) is 10.1 Å². The van der Waals surface area contributed by atoms with Gasteiger partial charge in [0.15, 0.2) is 5.60 Å². The van der Waals surface area contributed by atoms with Crippen molar-refractivity contribution in [1.29, 1.82) is 5.41 Å². The van der Waals surface area contributed by atoms with Crippen molar-refractivity contribution >= 4 is 17.2 Å². The van der Waals surface area contributed by atoms with Crippen LogP contribution in [0.2, 0.25) is 0 Å². The molecule has 1 aliphatic rings. The van der Waals surface area contributed by atoms with Crippen molar-refractivity contribution in [2.24, 2.45) is 0 Å². The molecule has 2 heterocycles. The quantitative estimate of drug-likeness (QED) is 0.746. The Labute approximate surface area is 127 Å². The molecule has 0 atom stereocenters. The zero-order valence-electron chi connectivity index (χ0n) is 11.2. The maximum Gasteiger partial charge on any atom is 0.216 e. The molecule has 2 nitrogen and oxygen atoms in total. The molecule has 4 rings (SSSR count). The number of fused-ring (bicyclic) bond motifs is 1. The van der Waals surface area contributed by atoms with Gasteiger partial charge in [-0.3, -0.25) is 5.41 Å². The zero-order chi connectivity index (χ0) is 14.3. The summed E-state index contributed by atoms with van der Waals surface area (Å²) in [5, 5.41) is 10.2. The van der Waals surface area contributed by atoms with E-state index >= 15 is 0 Å². The number of rotatable bonds is 2. The van der Waals surface area contributed by atoms with E-state index in [2.05, 4.69) is 24.3 Å². The third kappa shape index (κ3) is 1.68. The summed E-state index contributed by atoms with van der Waals surface area (Å²) >= 11 is 1.65. The highest BCUT2D eigenvalue weighted by Crippen LogP contribution is 2.49. The van der Waals surface area contributed by atoms with Crippen molar-refractivity contribution in [2.75, 3.05) is 0 Å². The molecule has 102 valence electrons. The standard InChI is InChI=1S/C18H13NOS/c19-17-15-11-12-21-16(15)18(20-17,13-7-3-1-4-8-13)14-9-5-2-6-10-14/h1-12,19H. The second-order valence-corrected chi connectivity index (χ2v) is 5.92. The molecular formula is C18H13NOS. The molecule has 0 saturated carbocycles. The fourth-order valence-corrected chi connectivity index (χ4v) is 3.98. The maximum absolute atomic E-state index is 8.19. The first-order chi connectivity index (χ1) is 10.3. The van der Waals surface area contributed by atoms with Crippen LogP contribution in [0.4, 0.5) is 0 Å². The van der Waals surface area contributed by atoms with Gasteiger partial charge in [-0.15, -0.1) is 11.3 Å². The van der Waals surface area contributed by atoms with Crippen LogP contribution in [0, 0.1) is 5.41 Å². The first-order valence-corrected chi connectivity index (χ1v) is 7.67. The summed E-state index contributed by atoms with van der Waals surface area (Å²) in [4.78, 5) is 1.09. The van der Waals surface area contributed by atoms with Gasteiger partial charge in [-0.2, -0.15) is 0 Å². The molecule has 0 radical (unpaired) electrons. The molecule has 1 aliphatic heterocycles. The van der Waals surface area contributed by atoms with Crippen LogP contribution in [-0.4, -0.2) is 5.90 Å². The van der Waals surface area contributed by atoms with Crippen LogP contribution in [0.5, 0.6) is 0 Å². The van der Waals surface area contributed by atoms with E-state index in [1.165, 1.54) is 0 Å². The fraction of sp³-hybridized carbons (Fsp3) is 0.0556. The molecule has 0 spiro atoms. The van der Waals surface area contributed by atoms with Crippen LogP contribution in [0.3, 0.4) is 0 Å². The van der Waals surface area contributed by atoms with Gasteiger partial charge in [0.1, 0.15) is 0 Å². The summed E-state index contributed by atoms with van der Waals surface area (Å²) in [6.45, 7) is 0. The Bertz CT molecular complexity index is 753. The van der Waals surface area contributed by atoms with E-state index in [1.54, 1.807) is 11.3 Å². The van der Waals surface area contributed by atoms with Crippen LogP contribution in [0.25, 0.3) is 0 Å². The molecular weight excluding hydrogens is 278 g/mol. The highest BCUT2D eigenvalue weighted by molar-refractivity contribution is 7.10. The van der Waals surface area contributed by atoms with Crippen molar-refractivity contribution in [3.63, 3.8) is 0 Å². The van der Waals surface area contributed by atoms with Crippen LogP contribution >= 0.6 is 11.3 Å². The number of benzene rings is 2. The number of ether oxygens (including phenoxy) is 1. The van der Waals surface area contributed by atoms with Crippen molar-refractivity contribution in [2.45, 2.75) is 5.60 Å². The summed E-state index contributed by atoms with van der Waals surface area (Å²) in [6.07, 6.45) is 0. The molecule has 0 fully saturated rings. The second-order valence-electron chi connectivity index (χ2n) is 5.01. The van der Waals surface area contributed by atoms with Gasteiger partial charge in [0.25, 0.3) is 0 Å². The first-order valence-electron chi connectivity index (χ1n) is 6.79. The van der Waals surface area contributed by atoms with Gasteiger partial charge in [-0.05, 0) is 11.4 Å². The Morgan fingerprint density at radius 3 is 1.95 bits per heavy atom. The molecule has 0 unspecified atom stereocenters. The summed E-state index contributed by atoms with van der Waals surface area (Å²) in [5.41, 5.74) is 2.32. The monoisotopic (exact) mass is 291 g/mol. The average Bonchev–Trinajstić information content (AvgIpc) is 3.13. The lowest BCUT2D eigenvalue weighted by atomic mass is 9.85. The van der Waals surface area contributed by atoms with Gasteiger partial charge in [-0.25, -0.2) is 0 Å². The van der Waals surface area contributed by atoms with Crippen molar-refractivity contribution in [3.05, 3.63) is 93.7 Å². The zero-order valence-corrected chi connectivity index (χ0v) is 12.1. The third-order valence-corrected chi connectivity index (χ3v) is 4.86. The molecule has 1 aromatic heterocycles. The summed E-state index contributed by atoms with van der Waals surface area (Å²) < 4.78 is 6.13. The molecule has 3 aromatic rings.